The van der Waals surface area contributed by atoms with Crippen LogP contribution in [0, 0.1) is 46.3 Å². The summed E-state index contributed by atoms with van der Waals surface area (Å²) >= 11 is 0. The van der Waals surface area contributed by atoms with Crippen molar-refractivity contribution in [3.8, 4) is 0 Å². The van der Waals surface area contributed by atoms with Gasteiger partial charge in [0.2, 0.25) is 0 Å². The van der Waals surface area contributed by atoms with Crippen molar-refractivity contribution in [1.82, 2.24) is 0 Å². The summed E-state index contributed by atoms with van der Waals surface area (Å²) in [6.07, 6.45) is 10.7. The van der Waals surface area contributed by atoms with E-state index in [0.717, 1.165) is 43.4 Å². The van der Waals surface area contributed by atoms with Gasteiger partial charge in [-0.2, -0.15) is 0 Å². The molecule has 4 fully saturated rings. The minimum absolute atomic E-state index is 0.308. The molecule has 10 atom stereocenters. The lowest BCUT2D eigenvalue weighted by Crippen LogP contribution is -2.69. The molecule has 206 valence electrons. The molecule has 4 aliphatic carbocycles. The molecule has 0 spiro atoms. The van der Waals surface area contributed by atoms with E-state index in [1.807, 2.05) is 0 Å². The molecule has 0 amide bonds. The fraction of sp³-hybridized carbons (Fsp3) is 0.935. The highest BCUT2D eigenvalue weighted by molar-refractivity contribution is 5.66. The fourth-order valence-electron chi connectivity index (χ4n) is 9.92. The van der Waals surface area contributed by atoms with E-state index in [0.29, 0.717) is 29.6 Å². The second-order valence-electron chi connectivity index (χ2n) is 14.1. The number of carbonyl (C=O) groups excluding carboxylic acids is 2. The summed E-state index contributed by atoms with van der Waals surface area (Å²) in [6, 6.07) is 0. The second-order valence-corrected chi connectivity index (χ2v) is 14.1. The van der Waals surface area contributed by atoms with Gasteiger partial charge in [-0.05, 0) is 85.9 Å². The van der Waals surface area contributed by atoms with Gasteiger partial charge < -0.3 is 14.6 Å². The van der Waals surface area contributed by atoms with Gasteiger partial charge in [0.1, 0.15) is 17.8 Å². The number of rotatable bonds is 7. The molecule has 0 bridgehead atoms. The third-order valence-corrected chi connectivity index (χ3v) is 11.6. The Bertz CT molecular complexity index is 824. The highest BCUT2D eigenvalue weighted by Gasteiger charge is 2.68. The van der Waals surface area contributed by atoms with Crippen LogP contribution in [0.3, 0.4) is 0 Å². The van der Waals surface area contributed by atoms with Gasteiger partial charge in [-0.1, -0.05) is 53.9 Å². The summed E-state index contributed by atoms with van der Waals surface area (Å²) < 4.78 is 11.5. The molecule has 1 N–H and O–H groups in total. The Morgan fingerprint density at radius 2 is 1.61 bits per heavy atom. The standard InChI is InChI=1S/C31H52O5/c1-19(2)9-8-10-20(3)25-11-12-26-24-17-28(36-22(5)33)31(34)18-23(35-21(4)32)13-16-30(31,7)27(24)14-15-29(25,26)6/h19-20,23-28,34H,8-18H2,1-7H3/t20-,23+,24+,25-,26+,27+,28-,29-,30-,31+/m1/s1. The summed E-state index contributed by atoms with van der Waals surface area (Å²) in [5.74, 6) is 3.15. The van der Waals surface area contributed by atoms with Crippen molar-refractivity contribution in [2.45, 2.75) is 137 Å². The number of hydrogen-bond donors (Lipinski definition) is 1. The number of aliphatic hydroxyl groups is 1. The number of carbonyl (C=O) groups is 2. The van der Waals surface area contributed by atoms with E-state index in [1.165, 1.54) is 52.4 Å². The average molecular weight is 505 g/mol. The zero-order valence-electron chi connectivity index (χ0n) is 24.0. The molecule has 0 aromatic heterocycles. The Labute approximate surface area is 219 Å². The van der Waals surface area contributed by atoms with E-state index in [4.69, 9.17) is 9.47 Å². The Morgan fingerprint density at radius 1 is 0.917 bits per heavy atom. The smallest absolute Gasteiger partial charge is 0.303 e. The summed E-state index contributed by atoms with van der Waals surface area (Å²) in [4.78, 5) is 23.9. The monoisotopic (exact) mass is 504 g/mol. The number of esters is 2. The highest BCUT2D eigenvalue weighted by Crippen LogP contribution is 2.69. The van der Waals surface area contributed by atoms with E-state index >= 15 is 0 Å². The third-order valence-electron chi connectivity index (χ3n) is 11.6. The van der Waals surface area contributed by atoms with Gasteiger partial charge in [0.05, 0.1) is 0 Å². The summed E-state index contributed by atoms with van der Waals surface area (Å²) in [5, 5.41) is 12.3. The van der Waals surface area contributed by atoms with Crippen LogP contribution < -0.4 is 0 Å². The third kappa shape index (κ3) is 4.76. The predicted molar refractivity (Wildman–Crippen MR) is 141 cm³/mol. The van der Waals surface area contributed by atoms with E-state index in [-0.39, 0.29) is 23.5 Å². The molecule has 4 rings (SSSR count). The van der Waals surface area contributed by atoms with Crippen LogP contribution in [-0.2, 0) is 19.1 Å². The van der Waals surface area contributed by atoms with E-state index < -0.39 is 11.7 Å². The minimum atomic E-state index is -1.16. The zero-order valence-corrected chi connectivity index (χ0v) is 24.0. The van der Waals surface area contributed by atoms with Crippen molar-refractivity contribution in [3.05, 3.63) is 0 Å². The van der Waals surface area contributed by atoms with Crippen molar-refractivity contribution >= 4 is 11.9 Å². The molecule has 0 heterocycles. The maximum Gasteiger partial charge on any atom is 0.303 e. The normalized spacial score (nSPS) is 44.8. The van der Waals surface area contributed by atoms with Crippen molar-refractivity contribution in [1.29, 1.82) is 0 Å². The number of hydrogen-bond acceptors (Lipinski definition) is 5. The van der Waals surface area contributed by atoms with Crippen LogP contribution in [0.4, 0.5) is 0 Å². The van der Waals surface area contributed by atoms with Gasteiger partial charge in [0.25, 0.3) is 0 Å². The van der Waals surface area contributed by atoms with Crippen molar-refractivity contribution in [2.75, 3.05) is 0 Å². The van der Waals surface area contributed by atoms with E-state index in [1.54, 1.807) is 0 Å². The number of fused-ring (bicyclic) bond motifs is 5. The molecular weight excluding hydrogens is 452 g/mol. The highest BCUT2D eigenvalue weighted by atomic mass is 16.6. The molecule has 0 saturated heterocycles. The fourth-order valence-corrected chi connectivity index (χ4v) is 9.92. The van der Waals surface area contributed by atoms with Crippen LogP contribution in [0.5, 0.6) is 0 Å². The Hall–Kier alpha value is -1.10. The molecule has 36 heavy (non-hydrogen) atoms. The predicted octanol–water partition coefficient (Wildman–Crippen LogP) is 6.70. The van der Waals surface area contributed by atoms with E-state index in [2.05, 4.69) is 34.6 Å². The topological polar surface area (TPSA) is 72.8 Å². The molecule has 5 nitrogen and oxygen atoms in total. The first-order valence-corrected chi connectivity index (χ1v) is 14.9. The quantitative estimate of drug-likeness (QED) is 0.391. The molecular formula is C31H52O5. The molecule has 0 aliphatic heterocycles. The van der Waals surface area contributed by atoms with Crippen molar-refractivity contribution < 1.29 is 24.2 Å². The van der Waals surface area contributed by atoms with Gasteiger partial charge >= 0.3 is 11.9 Å². The van der Waals surface area contributed by atoms with Crippen LogP contribution in [0.2, 0.25) is 0 Å². The zero-order chi connectivity index (χ0) is 26.5. The molecule has 0 unspecified atom stereocenters. The molecule has 4 saturated carbocycles. The average Bonchev–Trinajstić information content (AvgIpc) is 3.12. The number of ether oxygens (including phenoxy) is 2. The SMILES string of the molecule is CC(=O)O[C@H]1CC[C@]2(C)[C@H]3CC[C@]4(C)[C@@H]([C@H](C)CCCC(C)C)CC[C@H]4[C@@H]3C[C@@H](OC(C)=O)[C@@]2(O)C1. The minimum Gasteiger partial charge on any atom is -0.462 e. The van der Waals surface area contributed by atoms with Gasteiger partial charge in [0, 0.05) is 25.7 Å². The summed E-state index contributed by atoms with van der Waals surface area (Å²) in [5.41, 5.74) is -1.16. The largest absolute Gasteiger partial charge is 0.462 e. The summed E-state index contributed by atoms with van der Waals surface area (Å²) in [6.45, 7) is 14.8. The van der Waals surface area contributed by atoms with Crippen LogP contribution in [-0.4, -0.2) is 34.9 Å². The molecule has 0 aromatic rings. The Balaban J connectivity index is 1.59. The first kappa shape index (κ1) is 27.9. The van der Waals surface area contributed by atoms with Gasteiger partial charge in [-0.25, -0.2) is 0 Å². The second kappa shape index (κ2) is 10.2. The van der Waals surface area contributed by atoms with Crippen LogP contribution in [0.15, 0.2) is 0 Å². The van der Waals surface area contributed by atoms with Crippen LogP contribution >= 0.6 is 0 Å². The lowest BCUT2D eigenvalue weighted by molar-refractivity contribution is -0.271. The first-order valence-electron chi connectivity index (χ1n) is 14.9. The molecule has 4 aliphatic rings. The van der Waals surface area contributed by atoms with Gasteiger partial charge in [0.15, 0.2) is 0 Å². The maximum atomic E-state index is 12.3. The summed E-state index contributed by atoms with van der Waals surface area (Å²) in [7, 11) is 0. The Morgan fingerprint density at radius 3 is 2.25 bits per heavy atom. The lowest BCUT2D eigenvalue weighted by atomic mass is 9.42. The van der Waals surface area contributed by atoms with Gasteiger partial charge in [-0.15, -0.1) is 0 Å². The molecule has 5 heteroatoms. The van der Waals surface area contributed by atoms with Crippen molar-refractivity contribution in [3.63, 3.8) is 0 Å². The van der Waals surface area contributed by atoms with E-state index in [9.17, 15) is 14.7 Å². The van der Waals surface area contributed by atoms with Crippen LogP contribution in [0.25, 0.3) is 0 Å². The first-order chi connectivity index (χ1) is 16.8. The van der Waals surface area contributed by atoms with Gasteiger partial charge in [-0.3, -0.25) is 9.59 Å². The lowest BCUT2D eigenvalue weighted by Gasteiger charge is -2.65. The molecule has 0 radical (unpaired) electrons. The van der Waals surface area contributed by atoms with Crippen molar-refractivity contribution in [2.24, 2.45) is 46.3 Å². The molecule has 0 aromatic carbocycles. The Kier molecular flexibility index (Phi) is 7.93. The maximum absolute atomic E-state index is 12.3. The van der Waals surface area contributed by atoms with Crippen LogP contribution in [0.1, 0.15) is 119 Å².